The molecule has 0 saturated heterocycles. The summed E-state index contributed by atoms with van der Waals surface area (Å²) in [4.78, 5) is 1.03. The molecule has 0 aliphatic carbocycles. The first-order valence-electron chi connectivity index (χ1n) is 3.11. The molecule has 0 unspecified atom stereocenters. The Kier molecular flexibility index (Phi) is 6.77. The van der Waals surface area contributed by atoms with Gasteiger partial charge in [-0.25, -0.2) is 0 Å². The van der Waals surface area contributed by atoms with Crippen molar-refractivity contribution in [3.05, 3.63) is 29.8 Å². The largest absolute Gasteiger partial charge is 1.00 e. The van der Waals surface area contributed by atoms with Gasteiger partial charge in [0.1, 0.15) is 0 Å². The summed E-state index contributed by atoms with van der Waals surface area (Å²) >= 11 is 4.17. The first-order chi connectivity index (χ1) is 4.33. The van der Waals surface area contributed by atoms with Crippen LogP contribution in [0, 0.1) is 0 Å². The third kappa shape index (κ3) is 3.68. The zero-order chi connectivity index (χ0) is 6.69. The molecule has 0 aliphatic rings. The fourth-order valence-electron chi connectivity index (χ4n) is 0.732. The molecule has 0 spiro atoms. The van der Waals surface area contributed by atoms with Crippen molar-refractivity contribution in [1.29, 1.82) is 0 Å². The van der Waals surface area contributed by atoms with Crippen LogP contribution in [0.1, 0.15) is 13.9 Å². The van der Waals surface area contributed by atoms with Crippen molar-refractivity contribution in [2.75, 3.05) is 0 Å². The van der Waals surface area contributed by atoms with E-state index in [1.165, 1.54) is 5.56 Å². The average molecular weight is 225 g/mol. The van der Waals surface area contributed by atoms with Gasteiger partial charge >= 0.3 is 58.2 Å². The number of rotatable bonds is 1. The molecule has 1 aromatic rings. The van der Waals surface area contributed by atoms with Crippen LogP contribution in [0.15, 0.2) is 29.2 Å². The Labute approximate surface area is 118 Å². The van der Waals surface area contributed by atoms with Gasteiger partial charge in [0.15, 0.2) is 0 Å². The van der Waals surface area contributed by atoms with Gasteiger partial charge in [0.2, 0.25) is 0 Å². The van der Waals surface area contributed by atoms with Crippen LogP contribution in [0.5, 0.6) is 0 Å². The Hall–Kier alpha value is 1.38. The fourth-order valence-corrected chi connectivity index (χ4v) is 0.881. The quantitative estimate of drug-likeness (QED) is 0.620. The van der Waals surface area contributed by atoms with Crippen molar-refractivity contribution in [1.82, 2.24) is 0 Å². The zero-order valence-electron chi connectivity index (χ0n) is 7.46. The molecule has 0 saturated carbocycles. The number of thiol groups is 1. The van der Waals surface area contributed by atoms with Gasteiger partial charge in [-0.1, -0.05) is 19.1 Å². The van der Waals surface area contributed by atoms with Crippen molar-refractivity contribution in [2.24, 2.45) is 0 Å². The summed E-state index contributed by atoms with van der Waals surface area (Å²) in [6.45, 7) is 2.15. The predicted molar refractivity (Wildman–Crippen MR) is 44.2 cm³/mol. The molecular weight excluding hydrogens is 214 g/mol. The second kappa shape index (κ2) is 5.95. The first-order valence-corrected chi connectivity index (χ1v) is 3.55. The Morgan fingerprint density at radius 3 is 2.20 bits per heavy atom. The molecule has 0 radical (unpaired) electrons. The van der Waals surface area contributed by atoms with Crippen LogP contribution in [-0.4, -0.2) is 0 Å². The second-order valence-electron chi connectivity index (χ2n) is 2.02. The summed E-state index contributed by atoms with van der Waals surface area (Å²) in [5.74, 6) is 0. The first kappa shape index (κ1) is 11.4. The monoisotopic (exact) mass is 224 g/mol. The van der Waals surface area contributed by atoms with E-state index in [0.29, 0.717) is 0 Å². The minimum Gasteiger partial charge on any atom is -1.00 e. The van der Waals surface area contributed by atoms with Crippen molar-refractivity contribution in [3.63, 3.8) is 0 Å². The number of aryl methyl sites for hydroxylation is 1. The van der Waals surface area contributed by atoms with Crippen LogP contribution in [-0.2, 0) is 6.42 Å². The summed E-state index contributed by atoms with van der Waals surface area (Å²) in [7, 11) is 0. The Bertz CT molecular complexity index is 186. The topological polar surface area (TPSA) is 0 Å². The third-order valence-corrected chi connectivity index (χ3v) is 1.64. The normalized spacial score (nSPS) is 8.60. The maximum atomic E-state index is 4.17. The van der Waals surface area contributed by atoms with E-state index in [4.69, 9.17) is 0 Å². The molecule has 0 aromatic heterocycles. The van der Waals surface area contributed by atoms with Gasteiger partial charge in [-0.2, -0.15) is 0 Å². The van der Waals surface area contributed by atoms with Gasteiger partial charge in [0, 0.05) is 4.90 Å². The van der Waals surface area contributed by atoms with Crippen molar-refractivity contribution in [2.45, 2.75) is 18.2 Å². The van der Waals surface area contributed by atoms with Gasteiger partial charge in [0.25, 0.3) is 0 Å². The molecule has 10 heavy (non-hydrogen) atoms. The molecule has 1 rings (SSSR count). The molecule has 0 atom stereocenters. The van der Waals surface area contributed by atoms with Crippen molar-refractivity contribution in [3.8, 4) is 0 Å². The summed E-state index contributed by atoms with van der Waals surface area (Å²) in [5.41, 5.74) is 1.37. The standard InChI is InChI=1S/C8H10S.Rb.H/c1-2-7-3-5-8(9)6-4-7;;/h3-6,9H,2H2,1H3;;/q;+1;-1. The van der Waals surface area contributed by atoms with Crippen LogP contribution >= 0.6 is 12.6 Å². The molecule has 0 heterocycles. The van der Waals surface area contributed by atoms with E-state index in [-0.39, 0.29) is 59.6 Å². The van der Waals surface area contributed by atoms with Crippen LogP contribution < -0.4 is 58.2 Å². The molecule has 1 aromatic carbocycles. The molecule has 0 aliphatic heterocycles. The van der Waals surface area contributed by atoms with Crippen LogP contribution in [0.3, 0.4) is 0 Å². The van der Waals surface area contributed by atoms with E-state index in [2.05, 4.69) is 31.7 Å². The van der Waals surface area contributed by atoms with Gasteiger partial charge in [-0.3, -0.25) is 0 Å². The molecule has 2 heteroatoms. The van der Waals surface area contributed by atoms with Crippen molar-refractivity contribution < 1.29 is 59.6 Å². The van der Waals surface area contributed by atoms with Crippen LogP contribution in [0.2, 0.25) is 0 Å². The van der Waals surface area contributed by atoms with Crippen LogP contribution in [0.4, 0.5) is 0 Å². The summed E-state index contributed by atoms with van der Waals surface area (Å²) in [6.07, 6.45) is 1.11. The maximum absolute atomic E-state index is 4.17. The fraction of sp³-hybridized carbons (Fsp3) is 0.250. The van der Waals surface area contributed by atoms with Gasteiger partial charge in [-0.15, -0.1) is 12.6 Å². The van der Waals surface area contributed by atoms with E-state index in [1.807, 2.05) is 12.1 Å². The molecule has 0 fully saturated rings. The Balaban J connectivity index is 0. The average Bonchev–Trinajstić information content (AvgIpc) is 1.90. The van der Waals surface area contributed by atoms with Crippen LogP contribution in [0.25, 0.3) is 0 Å². The zero-order valence-corrected chi connectivity index (χ0v) is 12.3. The summed E-state index contributed by atoms with van der Waals surface area (Å²) in [5, 5.41) is 0. The maximum Gasteiger partial charge on any atom is 1.00 e. The van der Waals surface area contributed by atoms with Crippen molar-refractivity contribution >= 4 is 12.6 Å². The van der Waals surface area contributed by atoms with E-state index in [1.54, 1.807) is 0 Å². The summed E-state index contributed by atoms with van der Waals surface area (Å²) < 4.78 is 0. The smallest absolute Gasteiger partial charge is 1.00 e. The molecule has 0 N–H and O–H groups in total. The summed E-state index contributed by atoms with van der Waals surface area (Å²) in [6, 6.07) is 8.23. The molecule has 0 bridgehead atoms. The van der Waals surface area contributed by atoms with Gasteiger partial charge in [-0.05, 0) is 24.1 Å². The Morgan fingerprint density at radius 2 is 1.80 bits per heavy atom. The predicted octanol–water partition coefficient (Wildman–Crippen LogP) is -0.346. The van der Waals surface area contributed by atoms with Gasteiger partial charge in [0.05, 0.1) is 0 Å². The second-order valence-corrected chi connectivity index (χ2v) is 2.54. The Morgan fingerprint density at radius 1 is 1.30 bits per heavy atom. The number of hydrogen-bond donors (Lipinski definition) is 1. The van der Waals surface area contributed by atoms with Gasteiger partial charge < -0.3 is 1.43 Å². The number of hydrogen-bond acceptors (Lipinski definition) is 1. The molecular formula is C8H11RbS. The number of benzene rings is 1. The molecule has 0 nitrogen and oxygen atoms in total. The molecule has 0 amide bonds. The molecule has 50 valence electrons. The van der Waals surface area contributed by atoms with E-state index in [9.17, 15) is 0 Å². The SMILES string of the molecule is CCc1ccc(S)cc1.[H-].[Rb+]. The minimum absolute atomic E-state index is 0. The van der Waals surface area contributed by atoms with E-state index in [0.717, 1.165) is 11.3 Å². The van der Waals surface area contributed by atoms with E-state index >= 15 is 0 Å². The van der Waals surface area contributed by atoms with E-state index < -0.39 is 0 Å². The third-order valence-electron chi connectivity index (χ3n) is 1.34. The minimum atomic E-state index is 0.